The number of aromatic nitrogens is 2. The molecule has 6 nitrogen and oxygen atoms in total. The van der Waals surface area contributed by atoms with Gasteiger partial charge < -0.3 is 13.9 Å². The lowest BCUT2D eigenvalue weighted by molar-refractivity contribution is 0.102. The summed E-state index contributed by atoms with van der Waals surface area (Å²) in [5, 5.41) is 8.34. The van der Waals surface area contributed by atoms with Crippen LogP contribution in [0.15, 0.2) is 58.2 Å². The summed E-state index contributed by atoms with van der Waals surface area (Å²) in [6.45, 7) is 0. The first-order chi connectivity index (χ1) is 12.2. The number of hydrogen-bond donors (Lipinski definition) is 0. The van der Waals surface area contributed by atoms with E-state index in [2.05, 4.69) is 10.2 Å². The monoisotopic (exact) mass is 356 g/mol. The van der Waals surface area contributed by atoms with E-state index in [1.54, 1.807) is 38.5 Å². The standard InChI is InChI=1S/C18H16N2O4S/c1-22-13-7-5-6-12(10-13)15(21)11-25-18-20-19-17(24-18)14-8-3-4-9-16(14)23-2/h3-10H,11H2,1-2H3. The van der Waals surface area contributed by atoms with Crippen LogP contribution in [0.5, 0.6) is 11.5 Å². The van der Waals surface area contributed by atoms with Crippen LogP contribution in [0.2, 0.25) is 0 Å². The van der Waals surface area contributed by atoms with Crippen molar-refractivity contribution in [2.24, 2.45) is 0 Å². The second-order valence-electron chi connectivity index (χ2n) is 5.02. The molecule has 0 aliphatic carbocycles. The van der Waals surface area contributed by atoms with Gasteiger partial charge in [-0.3, -0.25) is 4.79 Å². The van der Waals surface area contributed by atoms with Crippen LogP contribution in [0, 0.1) is 0 Å². The minimum absolute atomic E-state index is 0.0408. The lowest BCUT2D eigenvalue weighted by atomic mass is 10.1. The second kappa shape index (κ2) is 7.85. The molecule has 0 saturated carbocycles. The van der Waals surface area contributed by atoms with Crippen LogP contribution in [0.4, 0.5) is 0 Å². The molecule has 0 aliphatic rings. The van der Waals surface area contributed by atoms with E-state index in [1.807, 2.05) is 24.3 Å². The van der Waals surface area contributed by atoms with Gasteiger partial charge in [-0.1, -0.05) is 36.0 Å². The Kier molecular flexibility index (Phi) is 5.35. The van der Waals surface area contributed by atoms with Crippen molar-refractivity contribution in [3.8, 4) is 23.0 Å². The fourth-order valence-corrected chi connectivity index (χ4v) is 2.86. The van der Waals surface area contributed by atoms with E-state index in [9.17, 15) is 4.79 Å². The maximum absolute atomic E-state index is 12.3. The highest BCUT2D eigenvalue weighted by atomic mass is 32.2. The Morgan fingerprint density at radius 1 is 1.08 bits per heavy atom. The zero-order valence-corrected chi connectivity index (χ0v) is 14.6. The Hall–Kier alpha value is -2.80. The minimum atomic E-state index is -0.0408. The van der Waals surface area contributed by atoms with Gasteiger partial charge in [0.05, 0.1) is 25.5 Å². The van der Waals surface area contributed by atoms with Crippen LogP contribution in [-0.4, -0.2) is 36.0 Å². The summed E-state index contributed by atoms with van der Waals surface area (Å²) in [7, 11) is 3.15. The second-order valence-corrected chi connectivity index (χ2v) is 5.94. The molecular formula is C18H16N2O4S. The fraction of sp³-hybridized carbons (Fsp3) is 0.167. The topological polar surface area (TPSA) is 74.5 Å². The molecule has 7 heteroatoms. The van der Waals surface area contributed by atoms with Crippen molar-refractivity contribution in [3.05, 3.63) is 54.1 Å². The summed E-state index contributed by atoms with van der Waals surface area (Å²) in [4.78, 5) is 12.3. The lowest BCUT2D eigenvalue weighted by Gasteiger charge is -2.03. The van der Waals surface area contributed by atoms with Gasteiger partial charge in [0, 0.05) is 5.56 Å². The van der Waals surface area contributed by atoms with Gasteiger partial charge in [0.2, 0.25) is 0 Å². The van der Waals surface area contributed by atoms with Crippen molar-refractivity contribution in [1.82, 2.24) is 10.2 Å². The average Bonchev–Trinajstić information content (AvgIpc) is 3.15. The van der Waals surface area contributed by atoms with E-state index >= 15 is 0 Å². The van der Waals surface area contributed by atoms with Crippen molar-refractivity contribution >= 4 is 17.5 Å². The molecule has 0 saturated heterocycles. The average molecular weight is 356 g/mol. The quantitative estimate of drug-likeness (QED) is 0.472. The molecule has 0 radical (unpaired) electrons. The third-order valence-electron chi connectivity index (χ3n) is 3.46. The van der Waals surface area contributed by atoms with Crippen LogP contribution >= 0.6 is 11.8 Å². The number of rotatable bonds is 7. The molecule has 0 fully saturated rings. The molecule has 128 valence electrons. The Balaban J connectivity index is 1.68. The number of benzene rings is 2. The van der Waals surface area contributed by atoms with Gasteiger partial charge in [-0.2, -0.15) is 0 Å². The predicted octanol–water partition coefficient (Wildman–Crippen LogP) is 3.73. The van der Waals surface area contributed by atoms with E-state index in [-0.39, 0.29) is 11.5 Å². The van der Waals surface area contributed by atoms with E-state index in [4.69, 9.17) is 13.9 Å². The number of para-hydroxylation sites is 1. The van der Waals surface area contributed by atoms with Gasteiger partial charge in [-0.25, -0.2) is 0 Å². The summed E-state index contributed by atoms with van der Waals surface area (Å²) in [5.74, 6) is 1.80. The number of Topliss-reactive ketones (excluding diaryl/α,β-unsaturated/α-hetero) is 1. The largest absolute Gasteiger partial charge is 0.497 e. The van der Waals surface area contributed by atoms with Crippen LogP contribution in [0.3, 0.4) is 0 Å². The maximum Gasteiger partial charge on any atom is 0.277 e. The summed E-state index contributed by atoms with van der Waals surface area (Å²) >= 11 is 1.19. The Bertz CT molecular complexity index is 879. The van der Waals surface area contributed by atoms with Gasteiger partial charge in [0.15, 0.2) is 5.78 Å². The molecular weight excluding hydrogens is 340 g/mol. The van der Waals surface area contributed by atoms with Crippen molar-refractivity contribution in [2.45, 2.75) is 5.22 Å². The Labute approximate surface area is 149 Å². The number of carbonyl (C=O) groups is 1. The summed E-state index contributed by atoms with van der Waals surface area (Å²) in [6, 6.07) is 14.4. The van der Waals surface area contributed by atoms with Crippen LogP contribution < -0.4 is 9.47 Å². The van der Waals surface area contributed by atoms with Crippen molar-refractivity contribution in [1.29, 1.82) is 0 Å². The first kappa shape index (κ1) is 17.0. The third-order valence-corrected chi connectivity index (χ3v) is 4.28. The van der Waals surface area contributed by atoms with E-state index < -0.39 is 0 Å². The zero-order valence-electron chi connectivity index (χ0n) is 13.8. The van der Waals surface area contributed by atoms with E-state index in [0.29, 0.717) is 33.7 Å². The lowest BCUT2D eigenvalue weighted by Crippen LogP contribution is -2.02. The van der Waals surface area contributed by atoms with Crippen molar-refractivity contribution < 1.29 is 18.7 Å². The predicted molar refractivity (Wildman–Crippen MR) is 94.3 cm³/mol. The maximum atomic E-state index is 12.3. The normalized spacial score (nSPS) is 10.5. The number of thioether (sulfide) groups is 1. The molecule has 2 aromatic carbocycles. The van der Waals surface area contributed by atoms with Gasteiger partial charge in [-0.05, 0) is 24.3 Å². The fourth-order valence-electron chi connectivity index (χ4n) is 2.21. The number of hydrogen-bond acceptors (Lipinski definition) is 7. The molecule has 3 aromatic rings. The molecule has 0 bridgehead atoms. The molecule has 0 unspecified atom stereocenters. The molecule has 1 heterocycles. The number of methoxy groups -OCH3 is 2. The van der Waals surface area contributed by atoms with Crippen LogP contribution in [0.25, 0.3) is 11.5 Å². The molecule has 1 aromatic heterocycles. The SMILES string of the molecule is COc1cccc(C(=O)CSc2nnc(-c3ccccc3OC)o2)c1. The third kappa shape index (κ3) is 4.00. The molecule has 0 spiro atoms. The zero-order chi connectivity index (χ0) is 17.6. The highest BCUT2D eigenvalue weighted by Crippen LogP contribution is 2.30. The van der Waals surface area contributed by atoms with Gasteiger partial charge >= 0.3 is 0 Å². The summed E-state index contributed by atoms with van der Waals surface area (Å²) < 4.78 is 16.0. The number of carbonyl (C=O) groups excluding carboxylic acids is 1. The molecule has 0 atom stereocenters. The highest BCUT2D eigenvalue weighted by molar-refractivity contribution is 7.99. The minimum Gasteiger partial charge on any atom is -0.497 e. The highest BCUT2D eigenvalue weighted by Gasteiger charge is 2.15. The van der Waals surface area contributed by atoms with Gasteiger partial charge in [0.25, 0.3) is 11.1 Å². The van der Waals surface area contributed by atoms with Crippen molar-refractivity contribution in [3.63, 3.8) is 0 Å². The first-order valence-electron chi connectivity index (χ1n) is 7.48. The van der Waals surface area contributed by atoms with E-state index in [1.165, 1.54) is 11.8 Å². The first-order valence-corrected chi connectivity index (χ1v) is 8.46. The number of ketones is 1. The molecule has 0 N–H and O–H groups in total. The van der Waals surface area contributed by atoms with Gasteiger partial charge in [0.1, 0.15) is 11.5 Å². The van der Waals surface area contributed by atoms with Gasteiger partial charge in [-0.15, -0.1) is 10.2 Å². The molecule has 3 rings (SSSR count). The van der Waals surface area contributed by atoms with Crippen LogP contribution in [0.1, 0.15) is 10.4 Å². The summed E-state index contributed by atoms with van der Waals surface area (Å²) in [6.07, 6.45) is 0. The molecule has 0 amide bonds. The molecule has 0 aliphatic heterocycles. The molecule has 25 heavy (non-hydrogen) atoms. The number of ether oxygens (including phenoxy) is 2. The smallest absolute Gasteiger partial charge is 0.277 e. The Morgan fingerprint density at radius 2 is 1.92 bits per heavy atom. The summed E-state index contributed by atoms with van der Waals surface area (Å²) in [5.41, 5.74) is 1.29. The van der Waals surface area contributed by atoms with Crippen LogP contribution in [-0.2, 0) is 0 Å². The number of nitrogens with zero attached hydrogens (tertiary/aromatic N) is 2. The van der Waals surface area contributed by atoms with Crippen molar-refractivity contribution in [2.75, 3.05) is 20.0 Å². The Morgan fingerprint density at radius 3 is 2.72 bits per heavy atom. The van der Waals surface area contributed by atoms with E-state index in [0.717, 1.165) is 0 Å².